The van der Waals surface area contributed by atoms with Gasteiger partial charge in [0.2, 0.25) is 0 Å². The fourth-order valence-corrected chi connectivity index (χ4v) is 3.98. The Bertz CT molecular complexity index is 934. The third kappa shape index (κ3) is 8.52. The highest BCUT2D eigenvalue weighted by molar-refractivity contribution is 6.33. The summed E-state index contributed by atoms with van der Waals surface area (Å²) in [6, 6.07) is 1.05. The monoisotopic (exact) mass is 490 g/mol. The summed E-state index contributed by atoms with van der Waals surface area (Å²) in [5.41, 5.74) is 0.693. The quantitative estimate of drug-likeness (QED) is 0.131. The van der Waals surface area contributed by atoms with Crippen LogP contribution in [0.25, 0.3) is 0 Å². The number of unbranched alkanes of at least 4 members (excludes halogenated alkanes) is 2. The Labute approximate surface area is 206 Å². The van der Waals surface area contributed by atoms with E-state index in [0.717, 1.165) is 64.1 Å². The predicted molar refractivity (Wildman–Crippen MR) is 135 cm³/mol. The minimum absolute atomic E-state index is 0.0239. The largest absolute Gasteiger partial charge is 0.507 e. The number of benzene rings is 1. The number of carbonyl (C=O) groups excluding carboxylic acids is 2. The van der Waals surface area contributed by atoms with Crippen molar-refractivity contribution in [2.24, 2.45) is 5.16 Å². The highest BCUT2D eigenvalue weighted by Crippen LogP contribution is 2.37. The number of phenols is 2. The van der Waals surface area contributed by atoms with E-state index in [-0.39, 0.29) is 52.4 Å². The zero-order chi connectivity index (χ0) is 24.9. The number of piperidine rings is 1. The Morgan fingerprint density at radius 2 is 1.76 bits per heavy atom. The lowest BCUT2D eigenvalue weighted by atomic mass is 9.97. The normalized spacial score (nSPS) is 14.8. The number of carbonyl (C=O) groups is 2. The molecule has 2 rings (SSSR count). The molecule has 8 heteroatoms. The van der Waals surface area contributed by atoms with Crippen molar-refractivity contribution in [3.63, 3.8) is 0 Å². The molecule has 0 bridgehead atoms. The van der Waals surface area contributed by atoms with Gasteiger partial charge in [0.25, 0.3) is 5.91 Å². The van der Waals surface area contributed by atoms with Gasteiger partial charge in [-0.25, -0.2) is 0 Å². The standard InChI is InChI=1S/C26H35ClN2O5/c1-3-4-5-6-7-8-10-13-20(28-34-18-24(33)29-14-11-9-12-15-29)16-21-25(19(2)30)22(31)17-23(32)26(21)27/h5-6,10,13,17,31-32H,3-4,7-9,11-12,14-16,18H2,1-2H3/b6-5+,13-10+,28-20-. The molecule has 0 spiro atoms. The fourth-order valence-electron chi connectivity index (χ4n) is 3.76. The first-order valence-electron chi connectivity index (χ1n) is 11.9. The Morgan fingerprint density at radius 3 is 2.44 bits per heavy atom. The molecule has 1 aliphatic heterocycles. The number of nitrogens with zero attached hydrogens (tertiary/aromatic N) is 2. The number of hydrogen-bond acceptors (Lipinski definition) is 6. The number of oxime groups is 1. The number of phenolic OH excluding ortho intramolecular Hbond substituents is 2. The molecule has 34 heavy (non-hydrogen) atoms. The number of rotatable bonds is 12. The van der Waals surface area contributed by atoms with E-state index in [9.17, 15) is 19.8 Å². The van der Waals surface area contributed by atoms with Gasteiger partial charge in [-0.05, 0) is 57.1 Å². The molecule has 1 aromatic carbocycles. The van der Waals surface area contributed by atoms with Crippen LogP contribution in [-0.4, -0.2) is 52.2 Å². The van der Waals surface area contributed by atoms with Crippen LogP contribution in [0.15, 0.2) is 35.5 Å². The maximum absolute atomic E-state index is 12.4. The minimum atomic E-state index is -0.389. The second-order valence-corrected chi connectivity index (χ2v) is 8.73. The fraction of sp³-hybridized carbons (Fsp3) is 0.500. The van der Waals surface area contributed by atoms with Crippen LogP contribution in [0.1, 0.15) is 74.7 Å². The average Bonchev–Trinajstić information content (AvgIpc) is 2.81. The summed E-state index contributed by atoms with van der Waals surface area (Å²) in [6.07, 6.45) is 14.9. The molecule has 7 nitrogen and oxygen atoms in total. The molecule has 1 heterocycles. The molecule has 1 amide bonds. The topological polar surface area (TPSA) is 99.4 Å². The van der Waals surface area contributed by atoms with Crippen molar-refractivity contribution in [3.8, 4) is 11.5 Å². The number of allylic oxidation sites excluding steroid dienone is 4. The molecular formula is C26H35ClN2O5. The van der Waals surface area contributed by atoms with Gasteiger partial charge in [0.15, 0.2) is 12.4 Å². The van der Waals surface area contributed by atoms with Crippen molar-refractivity contribution in [1.29, 1.82) is 0 Å². The van der Waals surface area contributed by atoms with E-state index >= 15 is 0 Å². The van der Waals surface area contributed by atoms with Crippen molar-refractivity contribution in [2.75, 3.05) is 19.7 Å². The zero-order valence-corrected chi connectivity index (χ0v) is 20.8. The molecule has 1 aromatic rings. The first-order valence-corrected chi connectivity index (χ1v) is 12.2. The first-order chi connectivity index (χ1) is 16.3. The van der Waals surface area contributed by atoms with Gasteiger partial charge in [-0.1, -0.05) is 48.3 Å². The van der Waals surface area contributed by atoms with Gasteiger partial charge in [-0.2, -0.15) is 0 Å². The van der Waals surface area contributed by atoms with E-state index in [1.54, 1.807) is 11.0 Å². The number of ketones is 1. The molecule has 0 aromatic heterocycles. The highest BCUT2D eigenvalue weighted by atomic mass is 35.5. The van der Waals surface area contributed by atoms with Crippen LogP contribution in [0.5, 0.6) is 11.5 Å². The maximum Gasteiger partial charge on any atom is 0.263 e. The average molecular weight is 491 g/mol. The number of amides is 1. The lowest BCUT2D eigenvalue weighted by molar-refractivity contribution is -0.137. The third-order valence-corrected chi connectivity index (χ3v) is 5.96. The molecular weight excluding hydrogens is 456 g/mol. The van der Waals surface area contributed by atoms with Crippen LogP contribution in [0, 0.1) is 0 Å². The molecule has 0 saturated carbocycles. The predicted octanol–water partition coefficient (Wildman–Crippen LogP) is 5.57. The number of Topliss-reactive ketones (excluding diaryl/α,β-unsaturated/α-hetero) is 1. The molecule has 186 valence electrons. The van der Waals surface area contributed by atoms with Crippen LogP contribution >= 0.6 is 11.6 Å². The van der Waals surface area contributed by atoms with E-state index in [2.05, 4.69) is 24.2 Å². The maximum atomic E-state index is 12.4. The summed E-state index contributed by atoms with van der Waals surface area (Å²) in [5, 5.41) is 24.4. The van der Waals surface area contributed by atoms with Crippen LogP contribution < -0.4 is 0 Å². The zero-order valence-electron chi connectivity index (χ0n) is 20.1. The van der Waals surface area contributed by atoms with Crippen LogP contribution in [0.4, 0.5) is 0 Å². The van der Waals surface area contributed by atoms with Gasteiger partial charge in [0.05, 0.1) is 16.3 Å². The Hall–Kier alpha value is -2.80. The van der Waals surface area contributed by atoms with Gasteiger partial charge < -0.3 is 20.0 Å². The third-order valence-electron chi connectivity index (χ3n) is 5.54. The summed E-state index contributed by atoms with van der Waals surface area (Å²) < 4.78 is 0. The van der Waals surface area contributed by atoms with Crippen molar-refractivity contribution >= 4 is 29.0 Å². The van der Waals surface area contributed by atoms with E-state index in [4.69, 9.17) is 16.4 Å². The molecule has 0 atom stereocenters. The first kappa shape index (κ1) is 27.4. The van der Waals surface area contributed by atoms with Crippen molar-refractivity contribution in [2.45, 2.75) is 65.2 Å². The lowest BCUT2D eigenvalue weighted by Gasteiger charge is -2.26. The lowest BCUT2D eigenvalue weighted by Crippen LogP contribution is -2.37. The number of likely N-dealkylation sites (tertiary alicyclic amines) is 1. The molecule has 0 unspecified atom stereocenters. The summed E-state index contributed by atoms with van der Waals surface area (Å²) in [4.78, 5) is 31.7. The van der Waals surface area contributed by atoms with Gasteiger partial charge >= 0.3 is 0 Å². The SMILES string of the molecule is CCC/C=C/CC/C=C/C(Cc1c(Cl)c(O)cc(O)c1C(C)=O)=N/OCC(=O)N1CCCCC1. The molecule has 0 aliphatic carbocycles. The van der Waals surface area contributed by atoms with Crippen LogP contribution in [0.3, 0.4) is 0 Å². The summed E-state index contributed by atoms with van der Waals surface area (Å²) in [6.45, 7) is 4.71. The minimum Gasteiger partial charge on any atom is -0.507 e. The van der Waals surface area contributed by atoms with Crippen LogP contribution in [-0.2, 0) is 16.1 Å². The number of halogens is 1. The molecule has 1 aliphatic rings. The number of hydrogen-bond donors (Lipinski definition) is 2. The van der Waals surface area contributed by atoms with Crippen molar-refractivity contribution in [1.82, 2.24) is 4.90 Å². The van der Waals surface area contributed by atoms with Crippen LogP contribution in [0.2, 0.25) is 5.02 Å². The molecule has 1 fully saturated rings. The van der Waals surface area contributed by atoms with E-state index in [1.807, 2.05) is 6.08 Å². The Morgan fingerprint density at radius 1 is 1.09 bits per heavy atom. The second-order valence-electron chi connectivity index (χ2n) is 8.35. The molecule has 0 radical (unpaired) electrons. The highest BCUT2D eigenvalue weighted by Gasteiger charge is 2.21. The van der Waals surface area contributed by atoms with Gasteiger partial charge in [0, 0.05) is 25.6 Å². The molecule has 2 N–H and O–H groups in total. The van der Waals surface area contributed by atoms with Crippen molar-refractivity contribution < 1.29 is 24.6 Å². The summed E-state index contributed by atoms with van der Waals surface area (Å²) in [5.74, 6) is -1.19. The number of aromatic hydroxyl groups is 2. The molecule has 1 saturated heterocycles. The summed E-state index contributed by atoms with van der Waals surface area (Å²) in [7, 11) is 0. The smallest absolute Gasteiger partial charge is 0.263 e. The van der Waals surface area contributed by atoms with E-state index in [0.29, 0.717) is 5.71 Å². The van der Waals surface area contributed by atoms with E-state index in [1.165, 1.54) is 6.92 Å². The van der Waals surface area contributed by atoms with Crippen molar-refractivity contribution in [3.05, 3.63) is 46.5 Å². The van der Waals surface area contributed by atoms with Gasteiger partial charge in [-0.15, -0.1) is 0 Å². The Balaban J connectivity index is 2.19. The van der Waals surface area contributed by atoms with E-state index < -0.39 is 0 Å². The second kappa shape index (κ2) is 14.5. The van der Waals surface area contributed by atoms with Gasteiger partial charge in [0.1, 0.15) is 11.5 Å². The Kier molecular flexibility index (Phi) is 11.7. The van der Waals surface area contributed by atoms with Gasteiger partial charge in [-0.3, -0.25) is 9.59 Å². The summed E-state index contributed by atoms with van der Waals surface area (Å²) >= 11 is 6.27.